The summed E-state index contributed by atoms with van der Waals surface area (Å²) in [6.07, 6.45) is 23.2. The number of ether oxygens (including phenoxy) is 2. The molecule has 0 radical (unpaired) electrons. The van der Waals surface area contributed by atoms with Gasteiger partial charge in [0.2, 0.25) is 11.2 Å². The fourth-order valence-electron chi connectivity index (χ4n) is 4.28. The van der Waals surface area contributed by atoms with Crippen LogP contribution < -0.4 is 10.2 Å². The highest BCUT2D eigenvalue weighted by atomic mass is 16.5. The van der Waals surface area contributed by atoms with Gasteiger partial charge in [0, 0.05) is 12.7 Å². The van der Waals surface area contributed by atoms with Gasteiger partial charge in [-0.2, -0.15) is 0 Å². The summed E-state index contributed by atoms with van der Waals surface area (Å²) in [5.74, 6) is 0.772. The fourth-order valence-corrected chi connectivity index (χ4v) is 4.28. The lowest BCUT2D eigenvalue weighted by molar-refractivity contribution is 0.100. The summed E-state index contributed by atoms with van der Waals surface area (Å²) in [7, 11) is 0. The molecule has 4 nitrogen and oxygen atoms in total. The van der Waals surface area contributed by atoms with Gasteiger partial charge in [-0.25, -0.2) is 0 Å². The summed E-state index contributed by atoms with van der Waals surface area (Å²) in [6, 6.07) is 11.2. The van der Waals surface area contributed by atoms with Gasteiger partial charge in [0.05, 0.1) is 0 Å². The van der Waals surface area contributed by atoms with Crippen LogP contribution in [-0.4, -0.2) is 6.61 Å². The quantitative estimate of drug-likeness (QED) is 0.156. The molecule has 0 saturated carbocycles. The van der Waals surface area contributed by atoms with E-state index in [0.29, 0.717) is 25.6 Å². The minimum atomic E-state index is -0.173. The first kappa shape index (κ1) is 29.2. The van der Waals surface area contributed by atoms with E-state index in [1.54, 1.807) is 0 Å². The lowest BCUT2D eigenvalue weighted by Gasteiger charge is -2.07. The van der Waals surface area contributed by atoms with Crippen LogP contribution in [0.3, 0.4) is 0 Å². The Morgan fingerprint density at radius 1 is 0.686 bits per heavy atom. The molecular weight excluding hydrogens is 436 g/mol. The maximum absolute atomic E-state index is 12.2. The van der Waals surface area contributed by atoms with Crippen LogP contribution in [0.25, 0.3) is 0 Å². The Morgan fingerprint density at radius 3 is 1.77 bits per heavy atom. The van der Waals surface area contributed by atoms with Crippen LogP contribution in [0.1, 0.15) is 121 Å². The standard InChI is InChI=1S/C31H48O4/c1-2-3-4-5-6-7-8-9-10-11-12-13-14-15-16-20-23-33-26-29-24-30(32)31(27-34-29)35-25-28-21-18-17-19-22-28/h17-19,21-22,24,27H,2-16,20,23,25-26H2,1H3. The average molecular weight is 485 g/mol. The first-order chi connectivity index (χ1) is 17.3. The highest BCUT2D eigenvalue weighted by Crippen LogP contribution is 2.14. The van der Waals surface area contributed by atoms with Crippen molar-refractivity contribution >= 4 is 0 Å². The van der Waals surface area contributed by atoms with Gasteiger partial charge in [-0.1, -0.05) is 134 Å². The molecule has 1 heterocycles. The van der Waals surface area contributed by atoms with Gasteiger partial charge in [-0.3, -0.25) is 4.79 Å². The van der Waals surface area contributed by atoms with Gasteiger partial charge < -0.3 is 13.9 Å². The van der Waals surface area contributed by atoms with E-state index in [-0.39, 0.29) is 11.2 Å². The second-order valence-corrected chi connectivity index (χ2v) is 9.71. The molecule has 196 valence electrons. The van der Waals surface area contributed by atoms with Crippen LogP contribution in [-0.2, 0) is 18.0 Å². The first-order valence-corrected chi connectivity index (χ1v) is 14.2. The van der Waals surface area contributed by atoms with Crippen molar-refractivity contribution in [1.29, 1.82) is 0 Å². The van der Waals surface area contributed by atoms with Gasteiger partial charge in [0.1, 0.15) is 25.2 Å². The summed E-state index contributed by atoms with van der Waals surface area (Å²) in [6.45, 7) is 3.66. The average Bonchev–Trinajstić information content (AvgIpc) is 2.88. The lowest BCUT2D eigenvalue weighted by atomic mass is 10.0. The van der Waals surface area contributed by atoms with Gasteiger partial charge >= 0.3 is 0 Å². The molecule has 35 heavy (non-hydrogen) atoms. The zero-order chi connectivity index (χ0) is 24.8. The van der Waals surface area contributed by atoms with Crippen LogP contribution in [0.5, 0.6) is 5.75 Å². The molecule has 0 bridgehead atoms. The van der Waals surface area contributed by atoms with E-state index < -0.39 is 0 Å². The Morgan fingerprint density at radius 2 is 1.23 bits per heavy atom. The van der Waals surface area contributed by atoms with Crippen LogP contribution in [0, 0.1) is 0 Å². The smallest absolute Gasteiger partial charge is 0.227 e. The zero-order valence-corrected chi connectivity index (χ0v) is 22.1. The lowest BCUT2D eigenvalue weighted by Crippen LogP contribution is -2.08. The normalized spacial score (nSPS) is 11.1. The Hall–Kier alpha value is -2.07. The minimum Gasteiger partial charge on any atom is -0.482 e. The molecule has 1 aromatic carbocycles. The second kappa shape index (κ2) is 20.2. The van der Waals surface area contributed by atoms with E-state index in [0.717, 1.165) is 12.0 Å². The third kappa shape index (κ3) is 14.8. The van der Waals surface area contributed by atoms with Crippen molar-refractivity contribution < 1.29 is 13.9 Å². The topological polar surface area (TPSA) is 48.7 Å². The molecule has 0 spiro atoms. The van der Waals surface area contributed by atoms with E-state index in [2.05, 4.69) is 6.92 Å². The molecule has 0 unspecified atom stereocenters. The molecular formula is C31H48O4. The van der Waals surface area contributed by atoms with E-state index >= 15 is 0 Å². The molecule has 0 atom stereocenters. The highest BCUT2D eigenvalue weighted by Gasteiger charge is 2.05. The molecule has 0 amide bonds. The van der Waals surface area contributed by atoms with Gasteiger partial charge in [-0.05, 0) is 12.0 Å². The molecule has 0 N–H and O–H groups in total. The van der Waals surface area contributed by atoms with Crippen LogP contribution >= 0.6 is 0 Å². The highest BCUT2D eigenvalue weighted by molar-refractivity contribution is 5.19. The maximum Gasteiger partial charge on any atom is 0.227 e. The Balaban J connectivity index is 1.37. The number of rotatable bonds is 22. The van der Waals surface area contributed by atoms with Crippen molar-refractivity contribution in [3.8, 4) is 5.75 Å². The molecule has 0 aliphatic rings. The predicted octanol–water partition coefficient (Wildman–Crippen LogP) is 9.00. The molecule has 0 aliphatic heterocycles. The number of unbranched alkanes of at least 4 members (excludes halogenated alkanes) is 15. The van der Waals surface area contributed by atoms with E-state index in [9.17, 15) is 4.79 Å². The summed E-state index contributed by atoms with van der Waals surface area (Å²) >= 11 is 0. The summed E-state index contributed by atoms with van der Waals surface area (Å²) in [4.78, 5) is 12.2. The minimum absolute atomic E-state index is 0.173. The summed E-state index contributed by atoms with van der Waals surface area (Å²) in [5.41, 5.74) is 0.839. The van der Waals surface area contributed by atoms with Crippen molar-refractivity contribution in [2.24, 2.45) is 0 Å². The van der Waals surface area contributed by atoms with Gasteiger partial charge in [0.15, 0.2) is 0 Å². The van der Waals surface area contributed by atoms with Crippen LogP contribution in [0.15, 0.2) is 51.9 Å². The first-order valence-electron chi connectivity index (χ1n) is 14.2. The molecule has 1 aromatic heterocycles. The Bertz CT molecular complexity index is 799. The molecule has 4 heteroatoms. The Kier molecular flexibility index (Phi) is 16.8. The fraction of sp³-hybridized carbons (Fsp3) is 0.645. The molecule has 0 fully saturated rings. The molecule has 2 rings (SSSR count). The third-order valence-electron chi connectivity index (χ3n) is 6.48. The van der Waals surface area contributed by atoms with Crippen molar-refractivity contribution in [1.82, 2.24) is 0 Å². The van der Waals surface area contributed by atoms with Crippen molar-refractivity contribution in [3.63, 3.8) is 0 Å². The molecule has 2 aromatic rings. The largest absolute Gasteiger partial charge is 0.482 e. The molecule has 0 aliphatic carbocycles. The second-order valence-electron chi connectivity index (χ2n) is 9.71. The summed E-state index contributed by atoms with van der Waals surface area (Å²) in [5, 5.41) is 0. The van der Waals surface area contributed by atoms with Crippen molar-refractivity contribution in [2.75, 3.05) is 6.61 Å². The van der Waals surface area contributed by atoms with E-state index in [4.69, 9.17) is 13.9 Å². The number of benzene rings is 1. The van der Waals surface area contributed by atoms with Crippen molar-refractivity contribution in [3.05, 3.63) is 64.2 Å². The monoisotopic (exact) mass is 484 g/mol. The Labute approximate surface area is 213 Å². The van der Waals surface area contributed by atoms with E-state index in [1.165, 1.54) is 109 Å². The van der Waals surface area contributed by atoms with Crippen LogP contribution in [0.4, 0.5) is 0 Å². The molecule has 0 saturated heterocycles. The number of hydrogen-bond donors (Lipinski definition) is 0. The van der Waals surface area contributed by atoms with Gasteiger partial charge in [-0.15, -0.1) is 0 Å². The van der Waals surface area contributed by atoms with Crippen molar-refractivity contribution in [2.45, 2.75) is 123 Å². The van der Waals surface area contributed by atoms with Crippen LogP contribution in [0.2, 0.25) is 0 Å². The van der Waals surface area contributed by atoms with Gasteiger partial charge in [0.25, 0.3) is 0 Å². The zero-order valence-electron chi connectivity index (χ0n) is 22.1. The predicted molar refractivity (Wildman–Crippen MR) is 145 cm³/mol. The number of hydrogen-bond acceptors (Lipinski definition) is 4. The third-order valence-corrected chi connectivity index (χ3v) is 6.48. The SMILES string of the molecule is CCCCCCCCCCCCCCCCCCOCc1cc(=O)c(OCc2ccccc2)co1. The summed E-state index contributed by atoms with van der Waals surface area (Å²) < 4.78 is 16.8. The van der Waals surface area contributed by atoms with E-state index in [1.807, 2.05) is 30.3 Å². The maximum atomic E-state index is 12.2.